The Morgan fingerprint density at radius 3 is 2.54 bits per heavy atom. The monoisotopic (exact) mass is 196 g/mol. The maximum absolute atomic E-state index is 5.95. The minimum absolute atomic E-state index is 0.250. The first-order valence-corrected chi connectivity index (χ1v) is 5.20. The van der Waals surface area contributed by atoms with Crippen molar-refractivity contribution in [1.29, 1.82) is 0 Å². The predicted molar refractivity (Wildman–Crippen MR) is 59.4 cm³/mol. The molecule has 0 aliphatic heterocycles. The third-order valence-corrected chi connectivity index (χ3v) is 2.72. The summed E-state index contributed by atoms with van der Waals surface area (Å²) in [6.07, 6.45) is 2.41. The molecule has 0 atom stereocenters. The van der Waals surface area contributed by atoms with Crippen molar-refractivity contribution < 1.29 is 0 Å². The van der Waals surface area contributed by atoms with Crippen molar-refractivity contribution in [3.8, 4) is 0 Å². The minimum Gasteiger partial charge on any atom is -0.0843 e. The van der Waals surface area contributed by atoms with Gasteiger partial charge in [-0.3, -0.25) is 0 Å². The molecule has 0 unspecified atom stereocenters. The molecular formula is C12H17Cl. The maximum Gasteiger partial charge on any atom is 0.0408 e. The highest BCUT2D eigenvalue weighted by atomic mass is 35.5. The maximum atomic E-state index is 5.95. The molecule has 1 aromatic rings. The van der Waals surface area contributed by atoms with E-state index in [9.17, 15) is 0 Å². The Bertz CT molecular complexity index is 276. The summed E-state index contributed by atoms with van der Waals surface area (Å²) in [6.45, 7) is 6.75. The molecule has 0 spiro atoms. The number of hydrogen-bond acceptors (Lipinski definition) is 0. The SMILES string of the molecule is CCCC(C)(C)c1cccc(Cl)c1. The molecule has 0 N–H and O–H groups in total. The summed E-state index contributed by atoms with van der Waals surface area (Å²) in [7, 11) is 0. The van der Waals surface area contributed by atoms with E-state index in [0.29, 0.717) is 0 Å². The molecule has 0 radical (unpaired) electrons. The van der Waals surface area contributed by atoms with Crippen molar-refractivity contribution in [2.45, 2.75) is 39.0 Å². The first kappa shape index (κ1) is 10.6. The van der Waals surface area contributed by atoms with Crippen LogP contribution < -0.4 is 0 Å². The molecule has 0 bridgehead atoms. The van der Waals surface area contributed by atoms with E-state index in [1.54, 1.807) is 0 Å². The third-order valence-electron chi connectivity index (χ3n) is 2.48. The van der Waals surface area contributed by atoms with Gasteiger partial charge in [-0.15, -0.1) is 0 Å². The Balaban J connectivity index is 2.93. The predicted octanol–water partition coefficient (Wildman–Crippen LogP) is 4.42. The quantitative estimate of drug-likeness (QED) is 0.672. The van der Waals surface area contributed by atoms with Crippen LogP contribution in [0.25, 0.3) is 0 Å². The van der Waals surface area contributed by atoms with Crippen molar-refractivity contribution in [2.75, 3.05) is 0 Å². The molecule has 1 rings (SSSR count). The van der Waals surface area contributed by atoms with Crippen LogP contribution in [0.15, 0.2) is 24.3 Å². The van der Waals surface area contributed by atoms with Crippen molar-refractivity contribution in [3.63, 3.8) is 0 Å². The van der Waals surface area contributed by atoms with Gasteiger partial charge in [0.05, 0.1) is 0 Å². The van der Waals surface area contributed by atoms with E-state index in [0.717, 1.165) is 5.02 Å². The first-order valence-electron chi connectivity index (χ1n) is 4.82. The Labute approximate surface area is 85.9 Å². The molecule has 0 saturated heterocycles. The molecule has 72 valence electrons. The average Bonchev–Trinajstić information content (AvgIpc) is 2.04. The lowest BCUT2D eigenvalue weighted by atomic mass is 9.81. The Morgan fingerprint density at radius 2 is 2.00 bits per heavy atom. The molecular weight excluding hydrogens is 180 g/mol. The van der Waals surface area contributed by atoms with Crippen molar-refractivity contribution in [1.82, 2.24) is 0 Å². The zero-order chi connectivity index (χ0) is 9.90. The number of rotatable bonds is 3. The smallest absolute Gasteiger partial charge is 0.0408 e. The van der Waals surface area contributed by atoms with Crippen LogP contribution >= 0.6 is 11.6 Å². The summed E-state index contributed by atoms with van der Waals surface area (Å²) in [5.74, 6) is 0. The fourth-order valence-electron chi connectivity index (χ4n) is 1.68. The average molecular weight is 197 g/mol. The van der Waals surface area contributed by atoms with Crippen molar-refractivity contribution >= 4 is 11.6 Å². The topological polar surface area (TPSA) is 0 Å². The standard InChI is InChI=1S/C12H17Cl/c1-4-8-12(2,3)10-6-5-7-11(13)9-10/h5-7,9H,4,8H2,1-3H3. The normalized spacial score (nSPS) is 11.7. The molecule has 0 fully saturated rings. The van der Waals surface area contributed by atoms with Gasteiger partial charge in [0.25, 0.3) is 0 Å². The molecule has 0 aromatic heterocycles. The molecule has 13 heavy (non-hydrogen) atoms. The molecule has 0 saturated carbocycles. The molecule has 0 heterocycles. The second-order valence-electron chi connectivity index (χ2n) is 4.14. The minimum atomic E-state index is 0.250. The van der Waals surface area contributed by atoms with Gasteiger partial charge in [0.1, 0.15) is 0 Å². The Hall–Kier alpha value is -0.490. The van der Waals surface area contributed by atoms with Crippen LogP contribution in [0, 0.1) is 0 Å². The zero-order valence-electron chi connectivity index (χ0n) is 8.60. The summed E-state index contributed by atoms with van der Waals surface area (Å²) in [4.78, 5) is 0. The number of benzene rings is 1. The molecule has 0 amide bonds. The van der Waals surface area contributed by atoms with Gasteiger partial charge in [0.15, 0.2) is 0 Å². The second-order valence-corrected chi connectivity index (χ2v) is 4.58. The number of halogens is 1. The fourth-order valence-corrected chi connectivity index (χ4v) is 1.87. The lowest BCUT2D eigenvalue weighted by Crippen LogP contribution is -2.16. The van der Waals surface area contributed by atoms with E-state index >= 15 is 0 Å². The van der Waals surface area contributed by atoms with E-state index < -0.39 is 0 Å². The Morgan fingerprint density at radius 1 is 1.31 bits per heavy atom. The summed E-state index contributed by atoms with van der Waals surface area (Å²) in [6, 6.07) is 8.17. The number of hydrogen-bond donors (Lipinski definition) is 0. The summed E-state index contributed by atoms with van der Waals surface area (Å²) < 4.78 is 0. The zero-order valence-corrected chi connectivity index (χ0v) is 9.36. The van der Waals surface area contributed by atoms with Gasteiger partial charge in [-0.25, -0.2) is 0 Å². The Kier molecular flexibility index (Phi) is 3.38. The summed E-state index contributed by atoms with van der Waals surface area (Å²) in [5, 5.41) is 0.835. The summed E-state index contributed by atoms with van der Waals surface area (Å²) >= 11 is 5.95. The van der Waals surface area contributed by atoms with Crippen LogP contribution in [0.2, 0.25) is 5.02 Å². The van der Waals surface area contributed by atoms with Gasteiger partial charge in [-0.1, -0.05) is 50.9 Å². The van der Waals surface area contributed by atoms with E-state index in [2.05, 4.69) is 32.9 Å². The largest absolute Gasteiger partial charge is 0.0843 e. The van der Waals surface area contributed by atoms with Crippen LogP contribution in [0.1, 0.15) is 39.2 Å². The highest BCUT2D eigenvalue weighted by Gasteiger charge is 2.18. The van der Waals surface area contributed by atoms with Crippen LogP contribution in [0.3, 0.4) is 0 Å². The van der Waals surface area contributed by atoms with E-state index in [1.807, 2.05) is 12.1 Å². The highest BCUT2D eigenvalue weighted by Crippen LogP contribution is 2.29. The lowest BCUT2D eigenvalue weighted by Gasteiger charge is -2.24. The van der Waals surface area contributed by atoms with E-state index in [1.165, 1.54) is 18.4 Å². The van der Waals surface area contributed by atoms with Gasteiger partial charge in [-0.2, -0.15) is 0 Å². The molecule has 1 aromatic carbocycles. The van der Waals surface area contributed by atoms with Gasteiger partial charge in [0.2, 0.25) is 0 Å². The van der Waals surface area contributed by atoms with Crippen molar-refractivity contribution in [3.05, 3.63) is 34.9 Å². The third kappa shape index (κ3) is 2.73. The molecule has 0 aliphatic rings. The van der Waals surface area contributed by atoms with Crippen LogP contribution in [0.5, 0.6) is 0 Å². The lowest BCUT2D eigenvalue weighted by molar-refractivity contribution is 0.473. The first-order chi connectivity index (χ1) is 6.06. The van der Waals surface area contributed by atoms with Gasteiger partial charge in [0, 0.05) is 5.02 Å². The van der Waals surface area contributed by atoms with Crippen molar-refractivity contribution in [2.24, 2.45) is 0 Å². The van der Waals surface area contributed by atoms with Crippen LogP contribution in [-0.2, 0) is 5.41 Å². The van der Waals surface area contributed by atoms with Crippen LogP contribution in [0.4, 0.5) is 0 Å². The fraction of sp³-hybridized carbons (Fsp3) is 0.500. The molecule has 0 nitrogen and oxygen atoms in total. The van der Waals surface area contributed by atoms with E-state index in [-0.39, 0.29) is 5.41 Å². The van der Waals surface area contributed by atoms with Gasteiger partial charge >= 0.3 is 0 Å². The molecule has 0 aliphatic carbocycles. The van der Waals surface area contributed by atoms with E-state index in [4.69, 9.17) is 11.6 Å². The van der Waals surface area contributed by atoms with Gasteiger partial charge in [-0.05, 0) is 29.5 Å². The second kappa shape index (κ2) is 4.15. The van der Waals surface area contributed by atoms with Gasteiger partial charge < -0.3 is 0 Å². The molecule has 1 heteroatoms. The highest BCUT2D eigenvalue weighted by molar-refractivity contribution is 6.30. The van der Waals surface area contributed by atoms with Crippen LogP contribution in [-0.4, -0.2) is 0 Å². The summed E-state index contributed by atoms with van der Waals surface area (Å²) in [5.41, 5.74) is 1.58.